The van der Waals surface area contributed by atoms with Crippen molar-refractivity contribution in [3.63, 3.8) is 0 Å². The topological polar surface area (TPSA) is 316 Å². The van der Waals surface area contributed by atoms with Crippen molar-refractivity contribution in [2.45, 2.75) is 87.7 Å². The van der Waals surface area contributed by atoms with E-state index in [-0.39, 0.29) is 70.1 Å². The number of hydrogen-bond acceptors (Lipinski definition) is 12. The summed E-state index contributed by atoms with van der Waals surface area (Å²) >= 11 is 0. The fourth-order valence-electron chi connectivity index (χ4n) is 5.74. The molecule has 17 N–H and O–H groups in total. The number of carbonyl (C=O) groups excluding carboxylic acids is 5. The van der Waals surface area contributed by atoms with Gasteiger partial charge in [0, 0.05) is 39.0 Å². The second-order valence-corrected chi connectivity index (χ2v) is 13.3. The highest BCUT2D eigenvalue weighted by atomic mass is 16.3. The zero-order chi connectivity index (χ0) is 38.9. The van der Waals surface area contributed by atoms with Crippen LogP contribution in [0, 0.1) is 0 Å². The van der Waals surface area contributed by atoms with Crippen LogP contribution in [0.3, 0.4) is 0 Å². The third-order valence-corrected chi connectivity index (χ3v) is 8.96. The van der Waals surface area contributed by atoms with Crippen LogP contribution in [-0.4, -0.2) is 109 Å². The number of nitrogens with one attached hydrogen (secondary N) is 5. The lowest BCUT2D eigenvalue weighted by Crippen LogP contribution is -2.56. The molecule has 2 aromatic rings. The summed E-state index contributed by atoms with van der Waals surface area (Å²) in [5, 5.41) is 33.5. The van der Waals surface area contributed by atoms with Gasteiger partial charge in [-0.3, -0.25) is 24.0 Å². The van der Waals surface area contributed by atoms with Crippen molar-refractivity contribution in [3.05, 3.63) is 53.6 Å². The first-order valence-electron chi connectivity index (χ1n) is 18.0. The lowest BCUT2D eigenvalue weighted by atomic mass is 9.96. The van der Waals surface area contributed by atoms with Crippen LogP contribution in [0.1, 0.15) is 49.7 Å². The molecule has 1 aliphatic heterocycles. The van der Waals surface area contributed by atoms with E-state index in [4.69, 9.17) is 28.7 Å². The van der Waals surface area contributed by atoms with E-state index in [0.29, 0.717) is 31.2 Å². The molecule has 0 spiro atoms. The number of fused-ring (bicyclic) bond motifs is 5. The number of amides is 5. The summed E-state index contributed by atoms with van der Waals surface area (Å²) in [7, 11) is 0. The molecule has 53 heavy (non-hydrogen) atoms. The number of rotatable bonds is 17. The Labute approximate surface area is 309 Å². The molecule has 4 bridgehead atoms. The van der Waals surface area contributed by atoms with Crippen LogP contribution >= 0.6 is 0 Å². The Morgan fingerprint density at radius 3 is 2.17 bits per heavy atom. The van der Waals surface area contributed by atoms with Crippen LogP contribution in [0.25, 0.3) is 11.1 Å². The molecule has 0 saturated heterocycles. The van der Waals surface area contributed by atoms with Gasteiger partial charge in [-0.1, -0.05) is 30.3 Å². The molecule has 3 rings (SSSR count). The standard InChI is InChI=1S/C36H56N10O7/c37-12-2-9-29-36(53)46-30(16-21-5-1-6-22(15-21)23-10-11-31(48)24(17-23)18-28(41)34(51)45-29)35(52)43-14-4-7-26(39)32(49)42-13-3-8-27(40)33(50)44-20-25(47)19-38/h1,5-6,10-11,15,17,25-30,47-48H,2-4,7-9,12-14,16,18-20,37-41H2,(H,42,49)(H,43,52)(H,44,50)(H,45,51)(H,46,53)/t25?,26-,27-,28-,29-,30?/m0/s1. The number of aromatic hydroxyl groups is 1. The fraction of sp³-hybridized carbons (Fsp3) is 0.528. The summed E-state index contributed by atoms with van der Waals surface area (Å²) in [6, 6.07) is 7.77. The molecule has 0 aliphatic carbocycles. The average Bonchev–Trinajstić information content (AvgIpc) is 3.15. The maximum absolute atomic E-state index is 13.6. The maximum atomic E-state index is 13.6. The lowest BCUT2D eigenvalue weighted by Gasteiger charge is -2.24. The highest BCUT2D eigenvalue weighted by Crippen LogP contribution is 2.28. The molecule has 0 radical (unpaired) electrons. The average molecular weight is 741 g/mol. The summed E-state index contributed by atoms with van der Waals surface area (Å²) in [5.41, 5.74) is 32.0. The maximum Gasteiger partial charge on any atom is 0.243 e. The Morgan fingerprint density at radius 1 is 0.830 bits per heavy atom. The minimum absolute atomic E-state index is 0.00526. The summed E-state index contributed by atoms with van der Waals surface area (Å²) in [6.07, 6.45) is 1.32. The number of nitrogens with two attached hydrogens (primary N) is 5. The Morgan fingerprint density at radius 2 is 1.49 bits per heavy atom. The number of aliphatic hydroxyl groups excluding tert-OH is 1. The SMILES string of the molecule is NCCC[C@@H]1NC(=O)[C@@H](N)Cc2cc(ccc2O)-c2cccc(c2)CC(C(=O)NCCC[C@H](N)C(=O)NCCC[C@H](N)C(=O)NCC(O)CN)NC1=O. The molecule has 0 saturated carbocycles. The van der Waals surface area contributed by atoms with E-state index < -0.39 is 59.9 Å². The number of carbonyl (C=O) groups is 5. The van der Waals surface area contributed by atoms with Gasteiger partial charge in [0.1, 0.15) is 17.8 Å². The number of hydrogen-bond donors (Lipinski definition) is 12. The molecular weight excluding hydrogens is 684 g/mol. The third-order valence-electron chi connectivity index (χ3n) is 8.96. The zero-order valence-electron chi connectivity index (χ0n) is 30.0. The highest BCUT2D eigenvalue weighted by molar-refractivity contribution is 5.93. The molecule has 5 amide bonds. The van der Waals surface area contributed by atoms with Crippen LogP contribution < -0.4 is 55.3 Å². The van der Waals surface area contributed by atoms with Gasteiger partial charge >= 0.3 is 0 Å². The molecule has 1 heterocycles. The van der Waals surface area contributed by atoms with Crippen molar-refractivity contribution >= 4 is 29.5 Å². The Kier molecular flexibility index (Phi) is 17.6. The van der Waals surface area contributed by atoms with Crippen molar-refractivity contribution in [2.75, 3.05) is 32.7 Å². The Hall–Kier alpha value is -4.65. The van der Waals surface area contributed by atoms with Gasteiger partial charge in [-0.2, -0.15) is 0 Å². The minimum Gasteiger partial charge on any atom is -0.508 e. The van der Waals surface area contributed by atoms with Crippen molar-refractivity contribution < 1.29 is 34.2 Å². The molecular formula is C36H56N10O7. The predicted molar refractivity (Wildman–Crippen MR) is 200 cm³/mol. The first-order valence-corrected chi connectivity index (χ1v) is 18.0. The molecule has 17 heteroatoms. The van der Waals surface area contributed by atoms with Crippen molar-refractivity contribution in [1.82, 2.24) is 26.6 Å². The predicted octanol–water partition coefficient (Wildman–Crippen LogP) is -2.92. The summed E-state index contributed by atoms with van der Waals surface area (Å²) in [6.45, 7) is 0.726. The summed E-state index contributed by atoms with van der Waals surface area (Å²) < 4.78 is 0. The monoisotopic (exact) mass is 740 g/mol. The van der Waals surface area contributed by atoms with E-state index in [1.165, 1.54) is 0 Å². The molecule has 292 valence electrons. The lowest BCUT2D eigenvalue weighted by molar-refractivity contribution is -0.132. The minimum atomic E-state index is -1.06. The van der Waals surface area contributed by atoms with Gasteiger partial charge in [-0.05, 0) is 79.5 Å². The number of aliphatic hydroxyl groups is 1. The van der Waals surface area contributed by atoms with Crippen LogP contribution in [-0.2, 0) is 36.8 Å². The van der Waals surface area contributed by atoms with Crippen LogP contribution in [0.4, 0.5) is 0 Å². The largest absolute Gasteiger partial charge is 0.508 e. The van der Waals surface area contributed by atoms with E-state index >= 15 is 0 Å². The zero-order valence-corrected chi connectivity index (χ0v) is 30.0. The van der Waals surface area contributed by atoms with E-state index in [9.17, 15) is 34.2 Å². The number of benzene rings is 2. The van der Waals surface area contributed by atoms with Crippen LogP contribution in [0.5, 0.6) is 5.75 Å². The van der Waals surface area contributed by atoms with Gasteiger partial charge in [-0.25, -0.2) is 0 Å². The van der Waals surface area contributed by atoms with Crippen molar-refractivity contribution in [3.8, 4) is 16.9 Å². The Balaban J connectivity index is 1.61. The molecule has 2 unspecified atom stereocenters. The van der Waals surface area contributed by atoms with Gasteiger partial charge in [0.15, 0.2) is 0 Å². The molecule has 2 aromatic carbocycles. The van der Waals surface area contributed by atoms with E-state index in [1.807, 2.05) is 24.3 Å². The van der Waals surface area contributed by atoms with E-state index in [0.717, 1.165) is 16.7 Å². The summed E-state index contributed by atoms with van der Waals surface area (Å²) in [5.74, 6) is -2.44. The Bertz CT molecular complexity index is 1540. The summed E-state index contributed by atoms with van der Waals surface area (Å²) in [4.78, 5) is 64.8. The van der Waals surface area contributed by atoms with Crippen molar-refractivity contribution in [2.24, 2.45) is 28.7 Å². The van der Waals surface area contributed by atoms with E-state index in [1.54, 1.807) is 18.2 Å². The molecule has 17 nitrogen and oxygen atoms in total. The highest BCUT2D eigenvalue weighted by Gasteiger charge is 2.29. The quantitative estimate of drug-likeness (QED) is 0.0726. The molecule has 1 aliphatic rings. The van der Waals surface area contributed by atoms with Gasteiger partial charge in [0.2, 0.25) is 29.5 Å². The number of phenolic OH excluding ortho intramolecular Hbond substituents is 1. The smallest absolute Gasteiger partial charge is 0.243 e. The van der Waals surface area contributed by atoms with Crippen LogP contribution in [0.15, 0.2) is 42.5 Å². The molecule has 6 atom stereocenters. The second kappa shape index (κ2) is 21.8. The van der Waals surface area contributed by atoms with E-state index in [2.05, 4.69) is 26.6 Å². The first kappa shape index (κ1) is 42.8. The fourth-order valence-corrected chi connectivity index (χ4v) is 5.74. The van der Waals surface area contributed by atoms with Crippen LogP contribution in [0.2, 0.25) is 0 Å². The van der Waals surface area contributed by atoms with Gasteiger partial charge in [-0.15, -0.1) is 0 Å². The van der Waals surface area contributed by atoms with Gasteiger partial charge in [0.25, 0.3) is 0 Å². The first-order chi connectivity index (χ1) is 25.3. The van der Waals surface area contributed by atoms with Gasteiger partial charge < -0.3 is 65.5 Å². The normalized spacial score (nSPS) is 19.3. The molecule has 0 fully saturated rings. The molecule has 0 aromatic heterocycles. The number of phenols is 1. The third kappa shape index (κ3) is 14.0. The second-order valence-electron chi connectivity index (χ2n) is 13.3. The van der Waals surface area contributed by atoms with Crippen molar-refractivity contribution in [1.29, 1.82) is 0 Å². The van der Waals surface area contributed by atoms with Gasteiger partial charge in [0.05, 0.1) is 24.2 Å².